The Morgan fingerprint density at radius 2 is 0.764 bits per heavy atom. The minimum Gasteiger partial charge on any atom is -0.208 e. The highest BCUT2D eigenvalue weighted by atomic mass is 32.1. The fraction of sp³-hybridized carbons (Fsp3) is 0. The van der Waals surface area contributed by atoms with Gasteiger partial charge in [-0.2, -0.15) is 0 Å². The highest BCUT2D eigenvalue weighted by molar-refractivity contribution is 7.22. The van der Waals surface area contributed by atoms with Gasteiger partial charge in [-0.3, -0.25) is 0 Å². The number of nitrogens with zero attached hydrogens (tertiary/aromatic N) is 3. The Labute approximate surface area is 320 Å². The Morgan fingerprint density at radius 1 is 0.291 bits per heavy atom. The predicted molar refractivity (Wildman–Crippen MR) is 233 cm³/mol. The van der Waals surface area contributed by atoms with Gasteiger partial charge in [-0.1, -0.05) is 152 Å². The van der Waals surface area contributed by atoms with E-state index >= 15 is 0 Å². The second-order valence-corrected chi connectivity index (χ2v) is 15.4. The third kappa shape index (κ3) is 4.72. The zero-order valence-electron chi connectivity index (χ0n) is 29.5. The third-order valence-electron chi connectivity index (χ3n) is 11.2. The minimum atomic E-state index is 0.649. The molecule has 2 heterocycles. The van der Waals surface area contributed by atoms with Gasteiger partial charge in [0.05, 0.1) is 0 Å². The van der Waals surface area contributed by atoms with E-state index in [2.05, 4.69) is 158 Å². The van der Waals surface area contributed by atoms with Crippen molar-refractivity contribution in [2.45, 2.75) is 0 Å². The van der Waals surface area contributed by atoms with Crippen molar-refractivity contribution in [2.24, 2.45) is 0 Å². The molecule has 10 aromatic carbocycles. The summed E-state index contributed by atoms with van der Waals surface area (Å²) in [6, 6.07) is 63.5. The van der Waals surface area contributed by atoms with Crippen LogP contribution in [0.4, 0.5) is 0 Å². The molecule has 0 aliphatic rings. The van der Waals surface area contributed by atoms with Gasteiger partial charge in [-0.05, 0) is 99.8 Å². The van der Waals surface area contributed by atoms with Crippen LogP contribution in [0.2, 0.25) is 0 Å². The molecular formula is C51H29N3S. The molecule has 0 bridgehead atoms. The Morgan fingerprint density at radius 3 is 1.38 bits per heavy atom. The van der Waals surface area contributed by atoms with Gasteiger partial charge in [0.15, 0.2) is 17.5 Å². The van der Waals surface area contributed by atoms with Crippen molar-refractivity contribution in [3.8, 4) is 44.6 Å². The molecular weight excluding hydrogens is 687 g/mol. The smallest absolute Gasteiger partial charge is 0.164 e. The van der Waals surface area contributed by atoms with Crippen molar-refractivity contribution in [1.82, 2.24) is 15.0 Å². The van der Waals surface area contributed by atoms with Crippen molar-refractivity contribution < 1.29 is 0 Å². The first kappa shape index (κ1) is 30.5. The summed E-state index contributed by atoms with van der Waals surface area (Å²) in [6.45, 7) is 0. The van der Waals surface area contributed by atoms with E-state index in [0.29, 0.717) is 17.5 Å². The zero-order chi connectivity index (χ0) is 36.0. The standard InChI is InChI=1S/C51H29N3S/c1-2-9-34(10-3-1)49-52-50(35-24-19-30(20-25-35)44-29-36-11-4-5-18-43(36)55-44)54-51(53-49)38-27-37-26-23-33-13-7-16-40-39-15-6-12-31-21-22-32-14-8-17-41(47(32)45(31)39)42(28-38)48(37)46(33)40/h1-29H. The maximum atomic E-state index is 5.24. The first-order chi connectivity index (χ1) is 27.2. The van der Waals surface area contributed by atoms with E-state index in [0.717, 1.165) is 22.1 Å². The zero-order valence-corrected chi connectivity index (χ0v) is 30.3. The topological polar surface area (TPSA) is 38.7 Å². The number of fused-ring (bicyclic) bond motifs is 3. The number of hydrogen-bond donors (Lipinski definition) is 0. The Balaban J connectivity index is 1.13. The van der Waals surface area contributed by atoms with Crippen LogP contribution in [0.5, 0.6) is 0 Å². The summed E-state index contributed by atoms with van der Waals surface area (Å²) in [7, 11) is 0. The molecule has 2 aromatic heterocycles. The van der Waals surface area contributed by atoms with E-state index in [1.54, 1.807) is 0 Å². The van der Waals surface area contributed by atoms with Gasteiger partial charge in [0.2, 0.25) is 0 Å². The van der Waals surface area contributed by atoms with Crippen LogP contribution in [0.15, 0.2) is 176 Å². The van der Waals surface area contributed by atoms with E-state index in [4.69, 9.17) is 15.0 Å². The van der Waals surface area contributed by atoms with E-state index < -0.39 is 0 Å². The van der Waals surface area contributed by atoms with Gasteiger partial charge in [0.1, 0.15) is 0 Å². The Hall–Kier alpha value is -7.01. The van der Waals surface area contributed by atoms with Crippen molar-refractivity contribution in [3.63, 3.8) is 0 Å². The molecule has 12 rings (SSSR count). The van der Waals surface area contributed by atoms with Gasteiger partial charge in [0.25, 0.3) is 0 Å². The van der Waals surface area contributed by atoms with Crippen molar-refractivity contribution in [2.75, 3.05) is 0 Å². The van der Waals surface area contributed by atoms with Gasteiger partial charge in [-0.25, -0.2) is 15.0 Å². The summed E-state index contributed by atoms with van der Waals surface area (Å²) in [5, 5.41) is 16.2. The van der Waals surface area contributed by atoms with Crippen LogP contribution < -0.4 is 0 Å². The number of hydrogen-bond acceptors (Lipinski definition) is 4. The van der Waals surface area contributed by atoms with Crippen LogP contribution in [-0.2, 0) is 0 Å². The molecule has 0 fully saturated rings. The molecule has 0 aliphatic heterocycles. The number of aromatic nitrogens is 3. The summed E-state index contributed by atoms with van der Waals surface area (Å²) in [5.74, 6) is 1.95. The van der Waals surface area contributed by atoms with Crippen LogP contribution >= 0.6 is 11.3 Å². The summed E-state index contributed by atoms with van der Waals surface area (Å²) >= 11 is 1.81. The Kier molecular flexibility index (Phi) is 6.50. The molecule has 0 radical (unpaired) electrons. The molecule has 0 unspecified atom stereocenters. The van der Waals surface area contributed by atoms with Crippen molar-refractivity contribution in [1.29, 1.82) is 0 Å². The second-order valence-electron chi connectivity index (χ2n) is 14.4. The highest BCUT2D eigenvalue weighted by Crippen LogP contribution is 2.44. The van der Waals surface area contributed by atoms with Crippen LogP contribution in [0, 0.1) is 0 Å². The molecule has 3 nitrogen and oxygen atoms in total. The molecule has 0 saturated carbocycles. The number of rotatable bonds is 4. The van der Waals surface area contributed by atoms with Crippen LogP contribution in [0.25, 0.3) is 119 Å². The maximum Gasteiger partial charge on any atom is 0.164 e. The molecule has 12 aromatic rings. The summed E-state index contributed by atoms with van der Waals surface area (Å²) < 4.78 is 1.29. The van der Waals surface area contributed by atoms with E-state index in [1.807, 2.05) is 29.5 Å². The normalized spacial score (nSPS) is 12.0. The first-order valence-corrected chi connectivity index (χ1v) is 19.4. The third-order valence-corrected chi connectivity index (χ3v) is 12.4. The second kappa shape index (κ2) is 11.7. The van der Waals surface area contributed by atoms with Gasteiger partial charge in [0, 0.05) is 26.3 Å². The van der Waals surface area contributed by atoms with Gasteiger partial charge < -0.3 is 0 Å². The number of thiophene rings is 1. The van der Waals surface area contributed by atoms with E-state index in [1.165, 1.54) is 79.8 Å². The minimum absolute atomic E-state index is 0.649. The van der Waals surface area contributed by atoms with Crippen LogP contribution in [-0.4, -0.2) is 15.0 Å². The molecule has 0 amide bonds. The molecule has 0 N–H and O–H groups in total. The number of benzene rings is 9. The maximum absolute atomic E-state index is 5.24. The summed E-state index contributed by atoms with van der Waals surface area (Å²) in [6.07, 6.45) is 0. The lowest BCUT2D eigenvalue weighted by molar-refractivity contribution is 1.07. The first-order valence-electron chi connectivity index (χ1n) is 18.6. The lowest BCUT2D eigenvalue weighted by Gasteiger charge is -2.17. The van der Waals surface area contributed by atoms with Crippen molar-refractivity contribution >= 4 is 86.1 Å². The lowest BCUT2D eigenvalue weighted by atomic mass is 9.87. The molecule has 0 spiro atoms. The largest absolute Gasteiger partial charge is 0.208 e. The fourth-order valence-electron chi connectivity index (χ4n) is 8.67. The average Bonchev–Trinajstić information content (AvgIpc) is 3.69. The lowest BCUT2D eigenvalue weighted by Crippen LogP contribution is -2.00. The Bertz CT molecular complexity index is 3440. The molecule has 4 heteroatoms. The van der Waals surface area contributed by atoms with E-state index in [-0.39, 0.29) is 0 Å². The fourth-order valence-corrected chi connectivity index (χ4v) is 9.74. The summed E-state index contributed by atoms with van der Waals surface area (Å²) in [5.41, 5.74) is 4.04. The molecule has 0 aliphatic carbocycles. The van der Waals surface area contributed by atoms with Crippen LogP contribution in [0.3, 0.4) is 0 Å². The molecule has 0 atom stereocenters. The average molecular weight is 716 g/mol. The molecule has 55 heavy (non-hydrogen) atoms. The van der Waals surface area contributed by atoms with E-state index in [9.17, 15) is 0 Å². The summed E-state index contributed by atoms with van der Waals surface area (Å²) in [4.78, 5) is 16.8. The highest BCUT2D eigenvalue weighted by Gasteiger charge is 2.19. The quantitative estimate of drug-likeness (QED) is 0.170. The van der Waals surface area contributed by atoms with Crippen molar-refractivity contribution in [3.05, 3.63) is 176 Å². The molecule has 0 saturated heterocycles. The van der Waals surface area contributed by atoms with Crippen LogP contribution in [0.1, 0.15) is 0 Å². The molecule has 254 valence electrons. The van der Waals surface area contributed by atoms with Gasteiger partial charge in [-0.15, -0.1) is 11.3 Å². The SMILES string of the molecule is c1ccc(-c2nc(-c3ccc(-c4cc5ccccc5s4)cc3)nc(-c3cc4ccc5cccc6c7cccc8ccc9cccc(c(c3)c4c56)c9c87)n2)cc1. The predicted octanol–water partition coefficient (Wildman–Crippen LogP) is 14.1. The monoisotopic (exact) mass is 715 g/mol. The van der Waals surface area contributed by atoms with Gasteiger partial charge >= 0.3 is 0 Å².